The molecule has 0 aromatic heterocycles. The molecule has 0 amide bonds. The van der Waals surface area contributed by atoms with Crippen LogP contribution in [-0.4, -0.2) is 37.2 Å². The van der Waals surface area contributed by atoms with Gasteiger partial charge in [0.2, 0.25) is 0 Å². The van der Waals surface area contributed by atoms with E-state index in [9.17, 15) is 14.4 Å². The first kappa shape index (κ1) is 76.6. The van der Waals surface area contributed by atoms with Crippen LogP contribution in [0, 0.1) is 0 Å². The third-order valence-electron chi connectivity index (χ3n) is 16.2. The molecule has 0 aromatic rings. The van der Waals surface area contributed by atoms with Crippen molar-refractivity contribution >= 4 is 17.9 Å². The van der Waals surface area contributed by atoms with Crippen molar-refractivity contribution in [3.63, 3.8) is 0 Å². The normalized spacial score (nSPS) is 12.2. The van der Waals surface area contributed by atoms with E-state index in [1.807, 2.05) is 0 Å². The lowest BCUT2D eigenvalue weighted by Crippen LogP contribution is -2.30. The second-order valence-corrected chi connectivity index (χ2v) is 24.1. The fraction of sp³-hybridized carbons (Fsp3) is 0.877. The lowest BCUT2D eigenvalue weighted by Gasteiger charge is -2.18. The van der Waals surface area contributed by atoms with Crippen LogP contribution < -0.4 is 0 Å². The molecule has 0 N–H and O–H groups in total. The molecule has 0 fully saturated rings. The van der Waals surface area contributed by atoms with E-state index in [1.165, 1.54) is 270 Å². The van der Waals surface area contributed by atoms with Crippen molar-refractivity contribution in [3.8, 4) is 0 Å². The maximum atomic E-state index is 13.0. The third kappa shape index (κ3) is 66.3. The summed E-state index contributed by atoms with van der Waals surface area (Å²) in [6.45, 7) is 6.61. The molecule has 0 radical (unpaired) electrons. The van der Waals surface area contributed by atoms with Gasteiger partial charge in [0.15, 0.2) is 6.10 Å². The minimum absolute atomic E-state index is 0.0692. The van der Waals surface area contributed by atoms with Crippen LogP contribution >= 0.6 is 0 Å². The Kier molecular flexibility index (Phi) is 66.1. The van der Waals surface area contributed by atoms with E-state index in [-0.39, 0.29) is 31.1 Å². The predicted octanol–water partition coefficient (Wildman–Crippen LogP) is 24.3. The lowest BCUT2D eigenvalue weighted by molar-refractivity contribution is -0.167. The maximum Gasteiger partial charge on any atom is 0.306 e. The summed E-state index contributed by atoms with van der Waals surface area (Å²) >= 11 is 0. The van der Waals surface area contributed by atoms with E-state index in [1.54, 1.807) is 0 Å². The van der Waals surface area contributed by atoms with Gasteiger partial charge in [0.1, 0.15) is 13.2 Å². The summed E-state index contributed by atoms with van der Waals surface area (Å²) in [5.41, 5.74) is 0. The average molecular weight is 1110 g/mol. The largest absolute Gasteiger partial charge is 0.462 e. The van der Waals surface area contributed by atoms with E-state index in [0.717, 1.165) is 83.5 Å². The van der Waals surface area contributed by atoms with E-state index >= 15 is 0 Å². The second kappa shape index (κ2) is 68.1. The van der Waals surface area contributed by atoms with Crippen molar-refractivity contribution in [2.75, 3.05) is 13.2 Å². The Labute approximate surface area is 493 Å². The molecular weight excluding hydrogens is 973 g/mol. The fourth-order valence-electron chi connectivity index (χ4n) is 10.9. The zero-order valence-corrected chi connectivity index (χ0v) is 53.4. The van der Waals surface area contributed by atoms with Crippen molar-refractivity contribution in [2.45, 2.75) is 399 Å². The minimum Gasteiger partial charge on any atom is -0.462 e. The number of carbonyl (C=O) groups is 3. The highest BCUT2D eigenvalue weighted by molar-refractivity contribution is 5.71. The molecule has 0 heterocycles. The molecule has 0 saturated heterocycles. The molecule has 0 saturated carbocycles. The fourth-order valence-corrected chi connectivity index (χ4v) is 10.9. The first-order valence-corrected chi connectivity index (χ1v) is 35.5. The van der Waals surface area contributed by atoms with Gasteiger partial charge in [-0.2, -0.15) is 0 Å². The summed E-state index contributed by atoms with van der Waals surface area (Å²) in [6.07, 6.45) is 84.6. The van der Waals surface area contributed by atoms with Crippen molar-refractivity contribution in [1.82, 2.24) is 0 Å². The van der Waals surface area contributed by atoms with Gasteiger partial charge in [-0.1, -0.05) is 359 Å². The Hall–Kier alpha value is -2.37. The predicted molar refractivity (Wildman–Crippen MR) is 344 cm³/mol. The Morgan fingerprint density at radius 3 is 0.772 bits per heavy atom. The highest BCUT2D eigenvalue weighted by Gasteiger charge is 2.19. The van der Waals surface area contributed by atoms with Gasteiger partial charge >= 0.3 is 17.9 Å². The van der Waals surface area contributed by atoms with E-state index in [2.05, 4.69) is 57.2 Å². The van der Waals surface area contributed by atoms with Gasteiger partial charge in [-0.3, -0.25) is 14.4 Å². The number of carbonyl (C=O) groups excluding carboxylic acids is 3. The Bertz CT molecular complexity index is 1320. The molecule has 0 spiro atoms. The average Bonchev–Trinajstić information content (AvgIpc) is 3.45. The molecule has 1 atom stereocenters. The Morgan fingerprint density at radius 2 is 0.494 bits per heavy atom. The smallest absolute Gasteiger partial charge is 0.306 e. The summed E-state index contributed by atoms with van der Waals surface area (Å²) in [5.74, 6) is -0.847. The van der Waals surface area contributed by atoms with E-state index in [0.29, 0.717) is 19.3 Å². The van der Waals surface area contributed by atoms with Crippen LogP contribution in [0.1, 0.15) is 393 Å². The molecule has 6 heteroatoms. The van der Waals surface area contributed by atoms with E-state index < -0.39 is 6.10 Å². The topological polar surface area (TPSA) is 78.9 Å². The Morgan fingerprint density at radius 1 is 0.266 bits per heavy atom. The van der Waals surface area contributed by atoms with Crippen LogP contribution in [0.15, 0.2) is 36.5 Å². The van der Waals surface area contributed by atoms with Gasteiger partial charge in [-0.15, -0.1) is 0 Å². The number of allylic oxidation sites excluding steroid dienone is 6. The highest BCUT2D eigenvalue weighted by atomic mass is 16.6. The van der Waals surface area contributed by atoms with Gasteiger partial charge in [-0.05, 0) is 51.4 Å². The van der Waals surface area contributed by atoms with Crippen LogP contribution in [-0.2, 0) is 28.6 Å². The third-order valence-corrected chi connectivity index (χ3v) is 16.2. The Balaban J connectivity index is 4.27. The molecule has 464 valence electrons. The summed E-state index contributed by atoms with van der Waals surface area (Å²) in [6, 6.07) is 0. The van der Waals surface area contributed by atoms with Gasteiger partial charge in [-0.25, -0.2) is 0 Å². The van der Waals surface area contributed by atoms with Gasteiger partial charge < -0.3 is 14.2 Å². The molecular formula is C73H136O6. The van der Waals surface area contributed by atoms with Crippen LogP contribution in [0.25, 0.3) is 0 Å². The standard InChI is InChI=1S/C73H136O6/c1-4-7-10-13-16-19-22-25-28-31-33-34-35-36-37-38-40-42-45-48-51-54-57-60-63-66-72(75)78-69-70(68-77-71(74)65-62-59-56-53-50-47-44-41-30-27-24-21-18-15-12-9-6-3)79-73(76)67-64-61-58-55-52-49-46-43-39-32-29-26-23-20-17-14-11-8-5-2/h9,12,18,21,27,30,70H,4-8,10-11,13-17,19-20,22-26,28-29,31-69H2,1-3H3/b12-9-,21-18-,30-27-. The number of rotatable bonds is 66. The molecule has 1 unspecified atom stereocenters. The monoisotopic (exact) mass is 1110 g/mol. The van der Waals surface area contributed by atoms with Crippen LogP contribution in [0.5, 0.6) is 0 Å². The number of esters is 3. The molecule has 0 rings (SSSR count). The molecule has 6 nitrogen and oxygen atoms in total. The molecule has 0 aliphatic heterocycles. The van der Waals surface area contributed by atoms with Crippen molar-refractivity contribution in [3.05, 3.63) is 36.5 Å². The van der Waals surface area contributed by atoms with Crippen LogP contribution in [0.4, 0.5) is 0 Å². The number of hydrogen-bond acceptors (Lipinski definition) is 6. The number of unbranched alkanes of at least 4 members (excludes halogenated alkanes) is 49. The summed E-state index contributed by atoms with van der Waals surface area (Å²) < 4.78 is 17.0. The summed E-state index contributed by atoms with van der Waals surface area (Å²) in [7, 11) is 0. The first-order valence-electron chi connectivity index (χ1n) is 35.5. The number of ether oxygens (including phenoxy) is 3. The van der Waals surface area contributed by atoms with Crippen molar-refractivity contribution in [1.29, 1.82) is 0 Å². The SMILES string of the molecule is CC/C=C\C/C=C\C/C=C\CCCCCCCCCC(=O)OCC(COC(=O)CCCCCCCCCCCCCCCCCCCCCCCCCCC)OC(=O)CCCCCCCCCCCCCCCCCCCCC. The number of hydrogen-bond donors (Lipinski definition) is 0. The van der Waals surface area contributed by atoms with Gasteiger partial charge in [0.25, 0.3) is 0 Å². The highest BCUT2D eigenvalue weighted by Crippen LogP contribution is 2.19. The molecule has 79 heavy (non-hydrogen) atoms. The summed E-state index contributed by atoms with van der Waals surface area (Å²) in [4.78, 5) is 38.5. The summed E-state index contributed by atoms with van der Waals surface area (Å²) in [5, 5.41) is 0. The van der Waals surface area contributed by atoms with Crippen molar-refractivity contribution in [2.24, 2.45) is 0 Å². The minimum atomic E-state index is -0.774. The maximum absolute atomic E-state index is 13.0. The molecule has 0 aliphatic carbocycles. The quantitative estimate of drug-likeness (QED) is 0.0261. The molecule has 0 aliphatic rings. The van der Waals surface area contributed by atoms with Gasteiger partial charge in [0, 0.05) is 19.3 Å². The van der Waals surface area contributed by atoms with E-state index in [4.69, 9.17) is 14.2 Å². The lowest BCUT2D eigenvalue weighted by atomic mass is 10.0. The first-order chi connectivity index (χ1) is 39.0. The van der Waals surface area contributed by atoms with Crippen LogP contribution in [0.2, 0.25) is 0 Å². The molecule has 0 aromatic carbocycles. The zero-order chi connectivity index (χ0) is 57.1. The molecule has 0 bridgehead atoms. The zero-order valence-electron chi connectivity index (χ0n) is 53.4. The van der Waals surface area contributed by atoms with Crippen molar-refractivity contribution < 1.29 is 28.6 Å². The van der Waals surface area contributed by atoms with Gasteiger partial charge in [0.05, 0.1) is 0 Å². The van der Waals surface area contributed by atoms with Crippen LogP contribution in [0.3, 0.4) is 0 Å². The second-order valence-electron chi connectivity index (χ2n) is 24.1.